The minimum Gasteiger partial charge on any atom is -0.497 e. The predicted molar refractivity (Wildman–Crippen MR) is 124 cm³/mol. The summed E-state index contributed by atoms with van der Waals surface area (Å²) in [6.07, 6.45) is 4.80. The van der Waals surface area contributed by atoms with E-state index in [1.807, 2.05) is 38.1 Å². The van der Waals surface area contributed by atoms with E-state index in [0.717, 1.165) is 48.1 Å². The van der Waals surface area contributed by atoms with Crippen molar-refractivity contribution in [1.29, 1.82) is 0 Å². The van der Waals surface area contributed by atoms with Crippen molar-refractivity contribution in [3.05, 3.63) is 30.5 Å². The van der Waals surface area contributed by atoms with Crippen molar-refractivity contribution in [2.75, 3.05) is 25.5 Å². The first-order chi connectivity index (χ1) is 13.5. The summed E-state index contributed by atoms with van der Waals surface area (Å²) in [6, 6.07) is 8.04. The molecular weight excluding hydrogens is 390 g/mol. The molecule has 0 atom stereocenters. The number of rotatable bonds is 9. The molecule has 6 N–H and O–H groups in total. The minimum atomic E-state index is 0. The normalized spacial score (nSPS) is 12.0. The van der Waals surface area contributed by atoms with Crippen LogP contribution in [0.2, 0.25) is 0 Å². The quantitative estimate of drug-likeness (QED) is 0.280. The zero-order chi connectivity index (χ0) is 20.4. The molecule has 0 aliphatic rings. The Kier molecular flexibility index (Phi) is 10.6. The molecule has 2 rings (SSSR count). The van der Waals surface area contributed by atoms with Gasteiger partial charge in [-0.05, 0) is 45.2 Å². The summed E-state index contributed by atoms with van der Waals surface area (Å²) in [6.45, 7) is 5.39. The number of pyridine rings is 1. The van der Waals surface area contributed by atoms with Crippen molar-refractivity contribution in [3.8, 4) is 5.75 Å². The van der Waals surface area contributed by atoms with E-state index < -0.39 is 0 Å². The Balaban J connectivity index is 0.00000420. The lowest BCUT2D eigenvalue weighted by Crippen LogP contribution is -2.42. The van der Waals surface area contributed by atoms with Crippen LogP contribution in [-0.4, -0.2) is 43.1 Å². The number of halogens is 1. The van der Waals surface area contributed by atoms with Crippen LogP contribution in [0, 0.1) is 0 Å². The smallest absolute Gasteiger partial charge is 0.195 e. The predicted octanol–water partition coefficient (Wildman–Crippen LogP) is 2.87. The molecule has 1 heterocycles. The standard InChI is InChI=1S/C20H31N7O.ClH/c1-14(2)26-20(22)27-19(21)25-10-6-4-5-9-23-17-13-16(28-3)12-15-8-7-11-24-18(15)17;/h7-8,11-14,23H,4-6,9-10H2,1-3H3,(H5,21,22,25,26,27);1H. The van der Waals surface area contributed by atoms with Crippen LogP contribution in [0.4, 0.5) is 5.69 Å². The molecule has 1 aromatic carbocycles. The van der Waals surface area contributed by atoms with Gasteiger partial charge in [-0.3, -0.25) is 20.3 Å². The van der Waals surface area contributed by atoms with Crippen LogP contribution < -0.4 is 26.8 Å². The molecule has 0 spiro atoms. The number of anilines is 1. The highest BCUT2D eigenvalue weighted by molar-refractivity contribution is 5.97. The van der Waals surface area contributed by atoms with Gasteiger partial charge in [-0.15, -0.1) is 12.4 Å². The highest BCUT2D eigenvalue weighted by atomic mass is 35.5. The summed E-state index contributed by atoms with van der Waals surface area (Å²) in [5.41, 5.74) is 13.4. The number of aromatic nitrogens is 1. The fourth-order valence-corrected chi connectivity index (χ4v) is 2.73. The Morgan fingerprint density at radius 3 is 2.69 bits per heavy atom. The SMILES string of the molecule is COc1cc(NCCCCCN=C(N)NC(N)=NC(C)C)c2ncccc2c1.Cl. The summed E-state index contributed by atoms with van der Waals surface area (Å²) >= 11 is 0. The fourth-order valence-electron chi connectivity index (χ4n) is 2.73. The van der Waals surface area contributed by atoms with Crippen LogP contribution in [0.5, 0.6) is 5.75 Å². The van der Waals surface area contributed by atoms with Gasteiger partial charge < -0.3 is 21.5 Å². The largest absolute Gasteiger partial charge is 0.497 e. The number of guanidine groups is 2. The number of aliphatic imine (C=N–C) groups is 2. The number of nitrogens with two attached hydrogens (primary N) is 2. The molecule has 0 aliphatic heterocycles. The molecular formula is C20H32ClN7O. The van der Waals surface area contributed by atoms with Crippen molar-refractivity contribution in [2.45, 2.75) is 39.2 Å². The van der Waals surface area contributed by atoms with Gasteiger partial charge in [-0.25, -0.2) is 0 Å². The van der Waals surface area contributed by atoms with Gasteiger partial charge in [0.15, 0.2) is 11.9 Å². The topological polar surface area (TPSA) is 123 Å². The molecule has 0 fully saturated rings. The first kappa shape index (κ1) is 24.3. The van der Waals surface area contributed by atoms with Gasteiger partial charge in [-0.2, -0.15) is 0 Å². The average molecular weight is 422 g/mol. The van der Waals surface area contributed by atoms with Crippen LogP contribution in [-0.2, 0) is 0 Å². The van der Waals surface area contributed by atoms with Gasteiger partial charge in [0, 0.05) is 36.8 Å². The molecule has 9 heteroatoms. The number of methoxy groups -OCH3 is 1. The molecule has 0 aliphatic carbocycles. The van der Waals surface area contributed by atoms with Crippen LogP contribution in [0.3, 0.4) is 0 Å². The maximum Gasteiger partial charge on any atom is 0.195 e. The monoisotopic (exact) mass is 421 g/mol. The Morgan fingerprint density at radius 1 is 1.17 bits per heavy atom. The van der Waals surface area contributed by atoms with Crippen LogP contribution in [0.15, 0.2) is 40.4 Å². The average Bonchev–Trinajstić information content (AvgIpc) is 2.66. The van der Waals surface area contributed by atoms with Gasteiger partial charge in [0.25, 0.3) is 0 Å². The fraction of sp³-hybridized carbons (Fsp3) is 0.450. The Labute approximate surface area is 178 Å². The highest BCUT2D eigenvalue weighted by Crippen LogP contribution is 2.27. The number of unbranched alkanes of at least 4 members (excludes halogenated alkanes) is 2. The van der Waals surface area contributed by atoms with Gasteiger partial charge in [0.2, 0.25) is 0 Å². The van der Waals surface area contributed by atoms with Crippen molar-refractivity contribution >= 4 is 40.9 Å². The van der Waals surface area contributed by atoms with Gasteiger partial charge in [0.05, 0.1) is 18.3 Å². The molecule has 8 nitrogen and oxygen atoms in total. The van der Waals surface area contributed by atoms with E-state index in [1.54, 1.807) is 13.3 Å². The van der Waals surface area contributed by atoms with Crippen molar-refractivity contribution in [2.24, 2.45) is 21.5 Å². The van der Waals surface area contributed by atoms with Gasteiger partial charge in [0.1, 0.15) is 5.75 Å². The Morgan fingerprint density at radius 2 is 1.97 bits per heavy atom. The molecule has 0 bridgehead atoms. The van der Waals surface area contributed by atoms with Gasteiger partial charge in [-0.1, -0.05) is 6.07 Å². The lowest BCUT2D eigenvalue weighted by atomic mass is 10.1. The summed E-state index contributed by atoms with van der Waals surface area (Å²) < 4.78 is 5.38. The lowest BCUT2D eigenvalue weighted by molar-refractivity contribution is 0.415. The zero-order valence-electron chi connectivity index (χ0n) is 17.3. The number of benzene rings is 1. The second-order valence-electron chi connectivity index (χ2n) is 6.74. The summed E-state index contributed by atoms with van der Waals surface area (Å²) in [5.74, 6) is 1.41. The third-order valence-corrected chi connectivity index (χ3v) is 4.00. The van der Waals surface area contributed by atoms with Crippen molar-refractivity contribution in [3.63, 3.8) is 0 Å². The number of nitrogens with zero attached hydrogens (tertiary/aromatic N) is 3. The third kappa shape index (κ3) is 8.43. The molecule has 0 saturated carbocycles. The van der Waals surface area contributed by atoms with E-state index in [1.165, 1.54) is 0 Å². The molecule has 1 aromatic heterocycles. The van der Waals surface area contributed by atoms with E-state index in [-0.39, 0.29) is 18.4 Å². The zero-order valence-corrected chi connectivity index (χ0v) is 18.1. The minimum absolute atomic E-state index is 0. The maximum atomic E-state index is 5.79. The van der Waals surface area contributed by atoms with E-state index in [9.17, 15) is 0 Å². The van der Waals surface area contributed by atoms with Crippen molar-refractivity contribution in [1.82, 2.24) is 10.3 Å². The summed E-state index contributed by atoms with van der Waals surface area (Å²) in [7, 11) is 1.67. The Hall–Kier alpha value is -2.74. The summed E-state index contributed by atoms with van der Waals surface area (Å²) in [5, 5.41) is 7.30. The molecule has 0 amide bonds. The van der Waals surface area contributed by atoms with E-state index in [2.05, 4.69) is 25.6 Å². The molecule has 0 saturated heterocycles. The second kappa shape index (κ2) is 12.7. The summed E-state index contributed by atoms with van der Waals surface area (Å²) in [4.78, 5) is 12.9. The Bertz CT molecular complexity index is 824. The van der Waals surface area contributed by atoms with Crippen molar-refractivity contribution < 1.29 is 4.74 Å². The number of hydrogen-bond donors (Lipinski definition) is 4. The molecule has 0 radical (unpaired) electrons. The van der Waals surface area contributed by atoms with Gasteiger partial charge >= 0.3 is 0 Å². The lowest BCUT2D eigenvalue weighted by Gasteiger charge is -2.11. The van der Waals surface area contributed by atoms with Crippen LogP contribution in [0.1, 0.15) is 33.1 Å². The van der Waals surface area contributed by atoms with E-state index in [4.69, 9.17) is 16.2 Å². The number of hydrogen-bond acceptors (Lipinski definition) is 5. The molecule has 2 aromatic rings. The number of nitrogens with one attached hydrogen (secondary N) is 2. The number of fused-ring (bicyclic) bond motifs is 1. The maximum absolute atomic E-state index is 5.79. The van der Waals surface area contributed by atoms with E-state index >= 15 is 0 Å². The highest BCUT2D eigenvalue weighted by Gasteiger charge is 2.05. The molecule has 0 unspecified atom stereocenters. The van der Waals surface area contributed by atoms with Crippen LogP contribution >= 0.6 is 12.4 Å². The van der Waals surface area contributed by atoms with E-state index in [0.29, 0.717) is 18.5 Å². The first-order valence-corrected chi connectivity index (χ1v) is 9.56. The number of ether oxygens (including phenoxy) is 1. The first-order valence-electron chi connectivity index (χ1n) is 9.56. The molecule has 160 valence electrons. The third-order valence-electron chi connectivity index (χ3n) is 4.00. The molecule has 29 heavy (non-hydrogen) atoms. The van der Waals surface area contributed by atoms with Crippen LogP contribution in [0.25, 0.3) is 10.9 Å². The second-order valence-corrected chi connectivity index (χ2v) is 6.74.